The van der Waals surface area contributed by atoms with Crippen LogP contribution in [0.1, 0.15) is 46.0 Å². The summed E-state index contributed by atoms with van der Waals surface area (Å²) in [6.07, 6.45) is 4.85. The number of hydrogen-bond donors (Lipinski definition) is 3. The van der Waals surface area contributed by atoms with Crippen LogP contribution in [0.25, 0.3) is 0 Å². The van der Waals surface area contributed by atoms with E-state index in [2.05, 4.69) is 0 Å². The van der Waals surface area contributed by atoms with Crippen molar-refractivity contribution in [3.63, 3.8) is 0 Å². The molecule has 0 unspecified atom stereocenters. The second-order valence-corrected chi connectivity index (χ2v) is 6.42. The Morgan fingerprint density at radius 2 is 1.80 bits per heavy atom. The molecule has 0 aliphatic carbocycles. The molecule has 0 fully saturated rings. The number of benzene rings is 2. The number of aldehydes is 1. The highest BCUT2D eigenvalue weighted by atomic mass is 16.3. The summed E-state index contributed by atoms with van der Waals surface area (Å²) in [6.45, 7) is 5.81. The van der Waals surface area contributed by atoms with Crippen LogP contribution in [0.2, 0.25) is 0 Å². The lowest BCUT2D eigenvalue weighted by Gasteiger charge is -2.13. The van der Waals surface area contributed by atoms with Crippen LogP contribution in [-0.2, 0) is 12.8 Å². The van der Waals surface area contributed by atoms with E-state index in [0.717, 1.165) is 35.1 Å². The fourth-order valence-corrected chi connectivity index (χ4v) is 3.00. The van der Waals surface area contributed by atoms with Gasteiger partial charge in [0.05, 0.1) is 5.56 Å². The van der Waals surface area contributed by atoms with Crippen molar-refractivity contribution in [2.24, 2.45) is 0 Å². The molecule has 4 heteroatoms. The Balaban J connectivity index is 2.11. The van der Waals surface area contributed by atoms with Gasteiger partial charge in [-0.25, -0.2) is 0 Å². The maximum atomic E-state index is 11.2. The van der Waals surface area contributed by atoms with Crippen LogP contribution in [0, 0.1) is 13.8 Å². The van der Waals surface area contributed by atoms with Crippen molar-refractivity contribution in [2.75, 3.05) is 0 Å². The number of carbonyl (C=O) groups excluding carboxylic acids is 1. The molecule has 3 N–H and O–H groups in total. The second-order valence-electron chi connectivity index (χ2n) is 6.42. The first kappa shape index (κ1) is 18.6. The van der Waals surface area contributed by atoms with E-state index < -0.39 is 0 Å². The van der Waals surface area contributed by atoms with Gasteiger partial charge in [-0.05, 0) is 81.0 Å². The molecule has 0 aromatic heterocycles. The summed E-state index contributed by atoms with van der Waals surface area (Å²) in [4.78, 5) is 11.2. The van der Waals surface area contributed by atoms with Gasteiger partial charge in [0.2, 0.25) is 0 Å². The Hall–Kier alpha value is -2.75. The minimum atomic E-state index is 0.0281. The topological polar surface area (TPSA) is 77.8 Å². The largest absolute Gasteiger partial charge is 0.508 e. The van der Waals surface area contributed by atoms with E-state index in [0.29, 0.717) is 23.8 Å². The first-order valence-corrected chi connectivity index (χ1v) is 8.27. The fourth-order valence-electron chi connectivity index (χ4n) is 3.00. The quantitative estimate of drug-likeness (QED) is 0.415. The van der Waals surface area contributed by atoms with Gasteiger partial charge >= 0.3 is 0 Å². The lowest BCUT2D eigenvalue weighted by molar-refractivity contribution is 0.112. The molecule has 0 saturated carbocycles. The van der Waals surface area contributed by atoms with Crippen molar-refractivity contribution in [1.82, 2.24) is 0 Å². The van der Waals surface area contributed by atoms with Crippen LogP contribution in [0.4, 0.5) is 0 Å². The molecule has 0 atom stereocenters. The van der Waals surface area contributed by atoms with Gasteiger partial charge in [-0.1, -0.05) is 11.6 Å². The third kappa shape index (κ3) is 4.41. The smallest absolute Gasteiger partial charge is 0.154 e. The summed E-state index contributed by atoms with van der Waals surface area (Å²) in [6, 6.07) is 6.13. The van der Waals surface area contributed by atoms with Crippen LogP contribution in [0.15, 0.2) is 35.9 Å². The highest BCUT2D eigenvalue weighted by Crippen LogP contribution is 2.28. The maximum absolute atomic E-state index is 11.2. The predicted molar refractivity (Wildman–Crippen MR) is 98.5 cm³/mol. The molecule has 2 aromatic rings. The minimum absolute atomic E-state index is 0.0281. The lowest BCUT2D eigenvalue weighted by Crippen LogP contribution is -2.00. The van der Waals surface area contributed by atoms with E-state index in [9.17, 15) is 20.1 Å². The van der Waals surface area contributed by atoms with Crippen molar-refractivity contribution >= 4 is 6.29 Å². The Labute approximate surface area is 148 Å². The van der Waals surface area contributed by atoms with Crippen LogP contribution in [0.5, 0.6) is 17.2 Å². The third-order valence-electron chi connectivity index (χ3n) is 4.58. The maximum Gasteiger partial charge on any atom is 0.154 e. The van der Waals surface area contributed by atoms with Crippen molar-refractivity contribution < 1.29 is 20.1 Å². The first-order chi connectivity index (χ1) is 11.8. The molecule has 2 aromatic carbocycles. The molecule has 0 saturated heterocycles. The number of phenols is 3. The summed E-state index contributed by atoms with van der Waals surface area (Å²) in [7, 11) is 0. The molecule has 0 aliphatic rings. The zero-order chi connectivity index (χ0) is 18.6. The van der Waals surface area contributed by atoms with Crippen molar-refractivity contribution in [2.45, 2.75) is 40.0 Å². The summed E-state index contributed by atoms with van der Waals surface area (Å²) in [5, 5.41) is 29.2. The first-order valence-electron chi connectivity index (χ1n) is 8.27. The van der Waals surface area contributed by atoms with Gasteiger partial charge in [0.25, 0.3) is 0 Å². The summed E-state index contributed by atoms with van der Waals surface area (Å²) < 4.78 is 0. The summed E-state index contributed by atoms with van der Waals surface area (Å²) >= 11 is 0. The van der Waals surface area contributed by atoms with Gasteiger partial charge in [-0.2, -0.15) is 0 Å². The van der Waals surface area contributed by atoms with Crippen LogP contribution < -0.4 is 0 Å². The van der Waals surface area contributed by atoms with Gasteiger partial charge in [0.15, 0.2) is 6.29 Å². The molecule has 0 aliphatic heterocycles. The van der Waals surface area contributed by atoms with Gasteiger partial charge in [-0.3, -0.25) is 4.79 Å². The number of allylic oxidation sites excluding steroid dienone is 2. The van der Waals surface area contributed by atoms with E-state index in [-0.39, 0.29) is 17.2 Å². The van der Waals surface area contributed by atoms with E-state index in [4.69, 9.17) is 0 Å². The Bertz CT molecular complexity index is 819. The number of hydrogen-bond acceptors (Lipinski definition) is 4. The molecular weight excluding hydrogens is 316 g/mol. The molecular formula is C21H24O4. The number of carbonyl (C=O) groups is 1. The number of aromatic hydroxyl groups is 3. The van der Waals surface area contributed by atoms with Crippen molar-refractivity contribution in [1.29, 1.82) is 0 Å². The molecule has 0 radical (unpaired) electrons. The minimum Gasteiger partial charge on any atom is -0.508 e. The zero-order valence-corrected chi connectivity index (χ0v) is 14.8. The molecule has 2 rings (SSSR count). The van der Waals surface area contributed by atoms with Crippen LogP contribution >= 0.6 is 0 Å². The molecule has 0 heterocycles. The number of phenolic OH excluding ortho intramolecular Hbond substituents is 3. The van der Waals surface area contributed by atoms with Gasteiger partial charge in [0, 0.05) is 5.56 Å². The monoisotopic (exact) mass is 340 g/mol. The average Bonchev–Trinajstić information content (AvgIpc) is 2.55. The third-order valence-corrected chi connectivity index (χ3v) is 4.58. The van der Waals surface area contributed by atoms with Crippen LogP contribution in [0.3, 0.4) is 0 Å². The molecule has 132 valence electrons. The van der Waals surface area contributed by atoms with E-state index in [1.165, 1.54) is 12.1 Å². The molecule has 0 spiro atoms. The SMILES string of the molecule is C/C(=C\Cc1cc(O)ccc1O)CCc1c(C)cc(O)c(C=O)c1C. The van der Waals surface area contributed by atoms with Crippen LogP contribution in [-0.4, -0.2) is 21.6 Å². The van der Waals surface area contributed by atoms with Gasteiger partial charge in [0.1, 0.15) is 17.2 Å². The predicted octanol–water partition coefficient (Wildman–Crippen LogP) is 4.35. The Kier molecular flexibility index (Phi) is 5.86. The summed E-state index contributed by atoms with van der Waals surface area (Å²) in [5.41, 5.74) is 5.06. The Morgan fingerprint density at radius 1 is 1.08 bits per heavy atom. The Morgan fingerprint density at radius 3 is 2.48 bits per heavy atom. The van der Waals surface area contributed by atoms with E-state index >= 15 is 0 Å². The zero-order valence-electron chi connectivity index (χ0n) is 14.8. The number of rotatable bonds is 6. The highest BCUT2D eigenvalue weighted by molar-refractivity contribution is 5.82. The molecule has 0 bridgehead atoms. The summed E-state index contributed by atoms with van der Waals surface area (Å²) in [5.74, 6) is 0.332. The molecule has 0 amide bonds. The fraction of sp³-hybridized carbons (Fsp3) is 0.286. The number of aryl methyl sites for hydroxylation is 1. The van der Waals surface area contributed by atoms with Gasteiger partial charge < -0.3 is 15.3 Å². The van der Waals surface area contributed by atoms with Crippen molar-refractivity contribution in [3.8, 4) is 17.2 Å². The average molecular weight is 340 g/mol. The second kappa shape index (κ2) is 7.88. The molecule has 25 heavy (non-hydrogen) atoms. The lowest BCUT2D eigenvalue weighted by atomic mass is 9.92. The molecule has 4 nitrogen and oxygen atoms in total. The normalized spacial score (nSPS) is 11.6. The van der Waals surface area contributed by atoms with Crippen molar-refractivity contribution in [3.05, 3.63) is 63.7 Å². The van der Waals surface area contributed by atoms with Gasteiger partial charge in [-0.15, -0.1) is 0 Å². The van der Waals surface area contributed by atoms with E-state index in [1.54, 1.807) is 12.1 Å². The van der Waals surface area contributed by atoms with E-state index in [1.807, 2.05) is 26.8 Å². The highest BCUT2D eigenvalue weighted by Gasteiger charge is 2.12. The standard InChI is InChI=1S/C21H24O4/c1-13(4-6-16-11-17(23)7-9-20(16)24)5-8-18-14(2)10-21(25)19(12-22)15(18)3/h4,7,9-12,23-25H,5-6,8H2,1-3H3/b13-4+.